The van der Waals surface area contributed by atoms with Crippen LogP contribution in [-0.2, 0) is 22.6 Å². The molecule has 0 atom stereocenters. The molecule has 148 valence electrons. The van der Waals surface area contributed by atoms with Crippen molar-refractivity contribution in [2.24, 2.45) is 0 Å². The lowest BCUT2D eigenvalue weighted by Crippen LogP contribution is -2.21. The fraction of sp³-hybridized carbons (Fsp3) is 0.250. The van der Waals surface area contributed by atoms with Crippen LogP contribution in [0.5, 0.6) is 0 Å². The van der Waals surface area contributed by atoms with Gasteiger partial charge in [-0.05, 0) is 19.4 Å². The smallest absolute Gasteiger partial charge is 0.342 e. The zero-order chi connectivity index (χ0) is 20.8. The second-order valence-electron chi connectivity index (χ2n) is 6.33. The Kier molecular flexibility index (Phi) is 6.04. The minimum Gasteiger partial charge on any atom is -0.462 e. The van der Waals surface area contributed by atoms with Crippen LogP contribution < -0.4 is 5.32 Å². The highest BCUT2D eigenvalue weighted by molar-refractivity contribution is 5.92. The minimum absolute atomic E-state index is 0.0339. The van der Waals surface area contributed by atoms with Crippen molar-refractivity contribution in [2.75, 3.05) is 11.9 Å². The van der Waals surface area contributed by atoms with Crippen LogP contribution in [0.4, 0.5) is 5.82 Å². The summed E-state index contributed by atoms with van der Waals surface area (Å²) in [6.45, 7) is 4.21. The van der Waals surface area contributed by atoms with Gasteiger partial charge in [0.15, 0.2) is 5.69 Å². The van der Waals surface area contributed by atoms with E-state index in [2.05, 4.69) is 21.6 Å². The molecule has 0 fully saturated rings. The molecule has 0 spiro atoms. The van der Waals surface area contributed by atoms with Gasteiger partial charge in [-0.2, -0.15) is 15.5 Å². The van der Waals surface area contributed by atoms with E-state index in [0.717, 1.165) is 11.1 Å². The van der Waals surface area contributed by atoms with E-state index in [1.54, 1.807) is 23.9 Å². The molecule has 1 amide bonds. The summed E-state index contributed by atoms with van der Waals surface area (Å²) in [5, 5.41) is 20.1. The van der Waals surface area contributed by atoms with Crippen LogP contribution in [-0.4, -0.2) is 38.0 Å². The highest BCUT2D eigenvalue weighted by atomic mass is 16.5. The molecule has 0 aliphatic heterocycles. The Morgan fingerprint density at radius 3 is 2.86 bits per heavy atom. The van der Waals surface area contributed by atoms with E-state index >= 15 is 0 Å². The predicted octanol–water partition coefficient (Wildman–Crippen LogP) is 2.12. The van der Waals surface area contributed by atoms with Crippen LogP contribution in [0.15, 0.2) is 42.7 Å². The Morgan fingerprint density at radius 1 is 1.31 bits per heavy atom. The summed E-state index contributed by atoms with van der Waals surface area (Å²) < 4.78 is 7.82. The zero-order valence-electron chi connectivity index (χ0n) is 16.1. The number of amides is 1. The molecule has 0 saturated heterocycles. The summed E-state index contributed by atoms with van der Waals surface area (Å²) in [4.78, 5) is 24.3. The normalized spacial score (nSPS) is 10.4. The van der Waals surface area contributed by atoms with E-state index in [1.165, 1.54) is 10.9 Å². The maximum absolute atomic E-state index is 12.4. The number of ether oxygens (including phenoxy) is 1. The van der Waals surface area contributed by atoms with Crippen molar-refractivity contribution < 1.29 is 14.3 Å². The van der Waals surface area contributed by atoms with Gasteiger partial charge in [0.2, 0.25) is 5.91 Å². The number of carbonyl (C=O) groups is 2. The summed E-state index contributed by atoms with van der Waals surface area (Å²) in [5.41, 5.74) is 2.16. The second-order valence-corrected chi connectivity index (χ2v) is 6.33. The van der Waals surface area contributed by atoms with Gasteiger partial charge in [-0.3, -0.25) is 9.48 Å². The van der Waals surface area contributed by atoms with E-state index in [-0.39, 0.29) is 30.3 Å². The molecule has 2 heterocycles. The van der Waals surface area contributed by atoms with Gasteiger partial charge >= 0.3 is 5.97 Å². The van der Waals surface area contributed by atoms with Crippen molar-refractivity contribution in [1.82, 2.24) is 19.6 Å². The highest BCUT2D eigenvalue weighted by Crippen LogP contribution is 2.12. The molecule has 29 heavy (non-hydrogen) atoms. The van der Waals surface area contributed by atoms with E-state index in [1.807, 2.05) is 31.2 Å². The number of carbonyl (C=O) groups excluding carboxylic acids is 2. The molecule has 0 radical (unpaired) electrons. The quantitative estimate of drug-likeness (QED) is 0.616. The van der Waals surface area contributed by atoms with Crippen molar-refractivity contribution in [3.63, 3.8) is 0 Å². The number of nitrogens with zero attached hydrogens (tertiary/aromatic N) is 5. The summed E-state index contributed by atoms with van der Waals surface area (Å²) in [6.07, 6.45) is 2.94. The second kappa shape index (κ2) is 8.84. The number of anilines is 1. The number of hydrogen-bond donors (Lipinski definition) is 1. The molecule has 0 bridgehead atoms. The summed E-state index contributed by atoms with van der Waals surface area (Å²) in [5.74, 6) is -0.472. The van der Waals surface area contributed by atoms with Crippen molar-refractivity contribution in [3.8, 4) is 6.07 Å². The number of esters is 1. The summed E-state index contributed by atoms with van der Waals surface area (Å²) in [6, 6.07) is 11.6. The topological polar surface area (TPSA) is 115 Å². The Hall–Kier alpha value is -3.93. The van der Waals surface area contributed by atoms with Crippen molar-refractivity contribution in [2.45, 2.75) is 26.9 Å². The first-order valence-electron chi connectivity index (χ1n) is 9.02. The molecule has 1 aromatic carbocycles. The van der Waals surface area contributed by atoms with E-state index in [0.29, 0.717) is 12.4 Å². The average Bonchev–Trinajstić information content (AvgIpc) is 3.28. The van der Waals surface area contributed by atoms with Crippen LogP contribution in [0.2, 0.25) is 0 Å². The molecular formula is C20H20N6O3. The molecule has 1 N–H and O–H groups in total. The molecule has 0 aliphatic carbocycles. The van der Waals surface area contributed by atoms with Crippen molar-refractivity contribution in [1.29, 1.82) is 5.26 Å². The average molecular weight is 392 g/mol. The molecule has 9 heteroatoms. The molecular weight excluding hydrogens is 372 g/mol. The third kappa shape index (κ3) is 4.87. The number of aromatic nitrogens is 4. The first-order valence-corrected chi connectivity index (χ1v) is 9.02. The standard InChI is InChI=1S/C20H20N6O3/c1-3-29-20(28)16-12-25(24-17(16)10-21)13-19(27)23-18-7-8-22-26(18)11-15-6-4-5-14(2)9-15/h4-9,12H,3,11,13H2,1-2H3,(H,23,27). The third-order valence-electron chi connectivity index (χ3n) is 4.07. The van der Waals surface area contributed by atoms with Crippen LogP contribution in [0, 0.1) is 18.3 Å². The van der Waals surface area contributed by atoms with Gasteiger partial charge in [-0.25, -0.2) is 9.48 Å². The van der Waals surface area contributed by atoms with Gasteiger partial charge < -0.3 is 10.1 Å². The zero-order valence-corrected chi connectivity index (χ0v) is 16.1. The molecule has 3 aromatic rings. The Morgan fingerprint density at radius 2 is 2.14 bits per heavy atom. The van der Waals surface area contributed by atoms with Gasteiger partial charge in [-0.1, -0.05) is 29.8 Å². The van der Waals surface area contributed by atoms with Crippen molar-refractivity contribution >= 4 is 17.7 Å². The Labute approximate surface area is 167 Å². The molecule has 0 saturated carbocycles. The number of benzene rings is 1. The maximum atomic E-state index is 12.4. The van der Waals surface area contributed by atoms with Crippen LogP contribution in [0.1, 0.15) is 34.1 Å². The van der Waals surface area contributed by atoms with Crippen LogP contribution in [0.25, 0.3) is 0 Å². The number of hydrogen-bond acceptors (Lipinski definition) is 6. The Bertz CT molecular complexity index is 1080. The fourth-order valence-corrected chi connectivity index (χ4v) is 2.82. The van der Waals surface area contributed by atoms with Gasteiger partial charge in [0.05, 0.1) is 19.3 Å². The number of nitrogens with one attached hydrogen (secondary N) is 1. The van der Waals surface area contributed by atoms with Gasteiger partial charge in [0, 0.05) is 12.3 Å². The Balaban J connectivity index is 1.69. The van der Waals surface area contributed by atoms with E-state index in [4.69, 9.17) is 10.00 Å². The molecule has 3 rings (SSSR count). The van der Waals surface area contributed by atoms with Gasteiger partial charge in [0.1, 0.15) is 24.0 Å². The van der Waals surface area contributed by atoms with Crippen molar-refractivity contribution in [3.05, 3.63) is 65.1 Å². The molecule has 0 unspecified atom stereocenters. The largest absolute Gasteiger partial charge is 0.462 e. The van der Waals surface area contributed by atoms with E-state index in [9.17, 15) is 9.59 Å². The molecule has 9 nitrogen and oxygen atoms in total. The first kappa shape index (κ1) is 19.8. The monoisotopic (exact) mass is 392 g/mol. The fourth-order valence-electron chi connectivity index (χ4n) is 2.82. The van der Waals surface area contributed by atoms with Crippen LogP contribution in [0.3, 0.4) is 0 Å². The molecule has 2 aromatic heterocycles. The van der Waals surface area contributed by atoms with Gasteiger partial charge in [0.25, 0.3) is 0 Å². The maximum Gasteiger partial charge on any atom is 0.342 e. The highest BCUT2D eigenvalue weighted by Gasteiger charge is 2.18. The SMILES string of the molecule is CCOC(=O)c1cn(CC(=O)Nc2ccnn2Cc2cccc(C)c2)nc1C#N. The minimum atomic E-state index is -0.646. The number of aryl methyl sites for hydroxylation is 1. The lowest BCUT2D eigenvalue weighted by molar-refractivity contribution is -0.117. The third-order valence-corrected chi connectivity index (χ3v) is 4.07. The lowest BCUT2D eigenvalue weighted by atomic mass is 10.1. The lowest BCUT2D eigenvalue weighted by Gasteiger charge is -2.09. The van der Waals surface area contributed by atoms with E-state index < -0.39 is 5.97 Å². The predicted molar refractivity (Wildman–Crippen MR) is 104 cm³/mol. The number of nitriles is 1. The van der Waals surface area contributed by atoms with Crippen LogP contribution >= 0.6 is 0 Å². The molecule has 0 aliphatic rings. The van der Waals surface area contributed by atoms with Gasteiger partial charge in [-0.15, -0.1) is 0 Å². The summed E-state index contributed by atoms with van der Waals surface area (Å²) >= 11 is 0. The first-order chi connectivity index (χ1) is 14.0. The summed E-state index contributed by atoms with van der Waals surface area (Å²) in [7, 11) is 0. The number of rotatable bonds is 7.